The van der Waals surface area contributed by atoms with E-state index in [1.54, 1.807) is 0 Å². The van der Waals surface area contributed by atoms with Crippen molar-refractivity contribution in [2.45, 2.75) is 42.5 Å². The zero-order valence-electron chi connectivity index (χ0n) is 16.4. The van der Waals surface area contributed by atoms with Crippen molar-refractivity contribution in [1.82, 2.24) is 10.2 Å². The number of halogens is 3. The van der Waals surface area contributed by atoms with Crippen LogP contribution in [0.15, 0.2) is 28.6 Å². The summed E-state index contributed by atoms with van der Waals surface area (Å²) >= 11 is 2.74. The molecule has 1 heterocycles. The molecule has 13 heteroatoms. The largest absolute Gasteiger partial charge is 0.416 e. The quantitative estimate of drug-likeness (QED) is 0.425. The number of thioether (sulfide) groups is 1. The molecule has 0 spiro atoms. The highest BCUT2D eigenvalue weighted by atomic mass is 32.2. The van der Waals surface area contributed by atoms with Gasteiger partial charge in [-0.15, -0.1) is 10.2 Å². The molecule has 1 amide bonds. The molecule has 1 N–H and O–H groups in total. The highest BCUT2D eigenvalue weighted by Crippen LogP contribution is 2.32. The zero-order valence-corrected chi connectivity index (χ0v) is 18.9. The molecule has 0 aliphatic rings. The van der Waals surface area contributed by atoms with E-state index in [-0.39, 0.29) is 31.0 Å². The number of nitrogens with zero attached hydrogens (tertiary/aromatic N) is 3. The number of alkyl halides is 3. The number of benzene rings is 1. The van der Waals surface area contributed by atoms with Crippen molar-refractivity contribution in [3.63, 3.8) is 0 Å². The van der Waals surface area contributed by atoms with Gasteiger partial charge in [0.1, 0.15) is 0 Å². The fourth-order valence-corrected chi connectivity index (χ4v) is 5.35. The Hall–Kier alpha value is -1.86. The number of hydrogen-bond donors (Lipinski definition) is 1. The Bertz CT molecular complexity index is 978. The van der Waals surface area contributed by atoms with Gasteiger partial charge in [0.2, 0.25) is 21.1 Å². The first-order valence-electron chi connectivity index (χ1n) is 8.81. The van der Waals surface area contributed by atoms with Crippen LogP contribution in [0.5, 0.6) is 0 Å². The van der Waals surface area contributed by atoms with E-state index in [1.165, 1.54) is 29.2 Å². The number of amides is 1. The molecule has 30 heavy (non-hydrogen) atoms. The second-order valence-corrected chi connectivity index (χ2v) is 11.3. The molecule has 0 atom stereocenters. The predicted octanol–water partition coefficient (Wildman–Crippen LogP) is 4.24. The Morgan fingerprint density at radius 1 is 1.30 bits per heavy atom. The number of anilines is 2. The first-order chi connectivity index (χ1) is 13.9. The summed E-state index contributed by atoms with van der Waals surface area (Å²) in [7, 11) is -3.83. The lowest BCUT2D eigenvalue weighted by atomic mass is 10.2. The van der Waals surface area contributed by atoms with E-state index in [4.69, 9.17) is 0 Å². The Morgan fingerprint density at radius 3 is 2.60 bits per heavy atom. The van der Waals surface area contributed by atoms with E-state index < -0.39 is 21.8 Å². The van der Waals surface area contributed by atoms with Crippen molar-refractivity contribution in [2.24, 2.45) is 0 Å². The maximum Gasteiger partial charge on any atom is 0.416 e. The Morgan fingerprint density at radius 2 is 2.00 bits per heavy atom. The lowest BCUT2D eigenvalue weighted by molar-refractivity contribution is -0.137. The molecule has 0 bridgehead atoms. The first kappa shape index (κ1) is 24.4. The third-order valence-electron chi connectivity index (χ3n) is 3.62. The van der Waals surface area contributed by atoms with Crippen molar-refractivity contribution in [3.8, 4) is 0 Å². The Balaban J connectivity index is 1.99. The highest BCUT2D eigenvalue weighted by Gasteiger charge is 2.31. The van der Waals surface area contributed by atoms with E-state index in [0.29, 0.717) is 14.7 Å². The molecule has 1 aromatic carbocycles. The number of sulfonamides is 1. The molecule has 166 valence electrons. The van der Waals surface area contributed by atoms with Crippen molar-refractivity contribution in [1.29, 1.82) is 0 Å². The highest BCUT2D eigenvalue weighted by molar-refractivity contribution is 8.01. The third-order valence-corrected chi connectivity index (χ3v) is 6.74. The molecule has 0 aliphatic heterocycles. The molecule has 0 radical (unpaired) electrons. The number of carbonyl (C=O) groups is 1. The minimum atomic E-state index is -4.59. The fourth-order valence-electron chi connectivity index (χ4n) is 2.40. The van der Waals surface area contributed by atoms with Gasteiger partial charge in [-0.25, -0.2) is 8.42 Å². The smallest absolute Gasteiger partial charge is 0.301 e. The van der Waals surface area contributed by atoms with Gasteiger partial charge in [0, 0.05) is 18.2 Å². The van der Waals surface area contributed by atoms with E-state index in [9.17, 15) is 26.4 Å². The number of aromatic nitrogens is 2. The zero-order chi connectivity index (χ0) is 22.5. The molecular weight excluding hydrogens is 461 g/mol. The van der Waals surface area contributed by atoms with Gasteiger partial charge in [0.15, 0.2) is 4.34 Å². The van der Waals surface area contributed by atoms with Crippen molar-refractivity contribution in [3.05, 3.63) is 29.8 Å². The molecular formula is C17H21F3N4O3S3. The van der Waals surface area contributed by atoms with Crippen LogP contribution in [0.4, 0.5) is 24.0 Å². The molecule has 2 aromatic rings. The van der Waals surface area contributed by atoms with E-state index in [2.05, 4.69) is 15.5 Å². The van der Waals surface area contributed by atoms with Crippen LogP contribution in [0.1, 0.15) is 32.3 Å². The minimum Gasteiger partial charge on any atom is -0.301 e. The van der Waals surface area contributed by atoms with Crippen LogP contribution in [0.2, 0.25) is 0 Å². The van der Waals surface area contributed by atoms with Gasteiger partial charge in [-0.3, -0.25) is 9.10 Å². The molecule has 0 unspecified atom stereocenters. The summed E-state index contributed by atoms with van der Waals surface area (Å²) in [5.41, 5.74) is -1.05. The van der Waals surface area contributed by atoms with E-state index in [1.807, 2.05) is 13.8 Å². The molecule has 0 saturated carbocycles. The molecule has 0 aliphatic carbocycles. The summed E-state index contributed by atoms with van der Waals surface area (Å²) in [5.74, 6) is -0.384. The summed E-state index contributed by atoms with van der Waals surface area (Å²) in [6, 6.07) is 4.07. The van der Waals surface area contributed by atoms with Gasteiger partial charge >= 0.3 is 6.18 Å². The van der Waals surface area contributed by atoms with Crippen molar-refractivity contribution in [2.75, 3.05) is 22.4 Å². The molecule has 1 aromatic heterocycles. The lowest BCUT2D eigenvalue weighted by Gasteiger charge is -2.23. The maximum atomic E-state index is 12.9. The minimum absolute atomic E-state index is 0.0305. The van der Waals surface area contributed by atoms with Gasteiger partial charge in [0.25, 0.3) is 0 Å². The number of rotatable bonds is 9. The maximum absolute atomic E-state index is 12.9. The fraction of sp³-hybridized carbons (Fsp3) is 0.471. The third kappa shape index (κ3) is 7.43. The van der Waals surface area contributed by atoms with E-state index >= 15 is 0 Å². The van der Waals surface area contributed by atoms with Gasteiger partial charge < -0.3 is 5.32 Å². The van der Waals surface area contributed by atoms with Crippen LogP contribution >= 0.6 is 23.1 Å². The molecule has 0 saturated heterocycles. The average molecular weight is 483 g/mol. The molecule has 7 nitrogen and oxygen atoms in total. The van der Waals surface area contributed by atoms with Gasteiger partial charge in [-0.2, -0.15) is 13.2 Å². The second kappa shape index (κ2) is 9.96. The van der Waals surface area contributed by atoms with Crippen LogP contribution in [-0.4, -0.2) is 42.6 Å². The van der Waals surface area contributed by atoms with Gasteiger partial charge in [-0.05, 0) is 24.6 Å². The average Bonchev–Trinajstić information content (AvgIpc) is 3.03. The summed E-state index contributed by atoms with van der Waals surface area (Å²) in [5, 5.41) is 11.1. The van der Waals surface area contributed by atoms with Crippen molar-refractivity contribution < 1.29 is 26.4 Å². The van der Waals surface area contributed by atoms with Crippen LogP contribution in [0.3, 0.4) is 0 Å². The summed E-state index contributed by atoms with van der Waals surface area (Å²) in [6.07, 6.45) is -3.60. The van der Waals surface area contributed by atoms with Gasteiger partial charge in [-0.1, -0.05) is 43.0 Å². The standard InChI is InChI=1S/C17H21F3N4O3S3/c1-11(2)28-16-23-22-15(29-16)21-14(25)8-5-9-24(30(3,26)27)13-7-4-6-12(10-13)17(18,19)20/h4,6-7,10-11H,5,8-9H2,1-3H3,(H,21,22,25). The summed E-state index contributed by atoms with van der Waals surface area (Å²) < 4.78 is 64.5. The van der Waals surface area contributed by atoms with Crippen LogP contribution in [-0.2, 0) is 21.0 Å². The first-order valence-corrected chi connectivity index (χ1v) is 12.4. The molecule has 2 rings (SSSR count). The van der Waals surface area contributed by atoms with Crippen LogP contribution in [0.25, 0.3) is 0 Å². The Kier molecular flexibility index (Phi) is 8.11. The number of carbonyl (C=O) groups excluding carboxylic acids is 1. The van der Waals surface area contributed by atoms with Crippen LogP contribution in [0, 0.1) is 0 Å². The normalized spacial score (nSPS) is 12.2. The van der Waals surface area contributed by atoms with E-state index in [0.717, 1.165) is 28.8 Å². The predicted molar refractivity (Wildman–Crippen MR) is 112 cm³/mol. The Labute approximate surface area is 181 Å². The SMILES string of the molecule is CC(C)Sc1nnc(NC(=O)CCCN(c2cccc(C(F)(F)F)c2)S(C)(=O)=O)s1. The number of nitrogens with one attached hydrogen (secondary N) is 1. The molecule has 0 fully saturated rings. The summed E-state index contributed by atoms with van der Waals surface area (Å²) in [4.78, 5) is 12.1. The second-order valence-electron chi connectivity index (χ2n) is 6.57. The summed E-state index contributed by atoms with van der Waals surface area (Å²) in [6.45, 7) is 3.86. The van der Waals surface area contributed by atoms with Crippen molar-refractivity contribution >= 4 is 49.8 Å². The van der Waals surface area contributed by atoms with Crippen LogP contribution < -0.4 is 9.62 Å². The number of hydrogen-bond acceptors (Lipinski definition) is 7. The monoisotopic (exact) mass is 482 g/mol. The topological polar surface area (TPSA) is 92.3 Å². The lowest BCUT2D eigenvalue weighted by Crippen LogP contribution is -2.31. The van der Waals surface area contributed by atoms with Gasteiger partial charge in [0.05, 0.1) is 17.5 Å².